The lowest BCUT2D eigenvalue weighted by Crippen LogP contribution is -1.92. The highest BCUT2D eigenvalue weighted by Gasteiger charge is 2.10. The molecule has 108 valence electrons. The molecule has 0 aliphatic carbocycles. The summed E-state index contributed by atoms with van der Waals surface area (Å²) in [5.74, 6) is 1.48. The summed E-state index contributed by atoms with van der Waals surface area (Å²) in [5, 5.41) is 1.52. The molecule has 0 saturated heterocycles. The number of aromatic nitrogens is 2. The molecule has 6 heteroatoms. The molecule has 3 aromatic rings. The molecule has 21 heavy (non-hydrogen) atoms. The van der Waals surface area contributed by atoms with Crippen LogP contribution in [0.3, 0.4) is 0 Å². The first-order valence-corrected chi connectivity index (χ1v) is 9.47. The van der Waals surface area contributed by atoms with Gasteiger partial charge in [0.2, 0.25) is 0 Å². The fourth-order valence-electron chi connectivity index (χ4n) is 1.92. The van der Waals surface area contributed by atoms with Gasteiger partial charge in [0.25, 0.3) is 0 Å². The zero-order valence-corrected chi connectivity index (χ0v) is 15.2. The molecule has 0 atom stereocenters. The second-order valence-corrected chi connectivity index (χ2v) is 7.78. The first kappa shape index (κ1) is 15.3. The number of hydrogen-bond donors (Lipinski definition) is 0. The van der Waals surface area contributed by atoms with Gasteiger partial charge in [-0.15, -0.1) is 23.1 Å². The number of halogens is 2. The molecule has 0 aliphatic rings. The second kappa shape index (κ2) is 6.65. The fraction of sp³-hybridized carbons (Fsp3) is 0.200. The molecule has 0 amide bonds. The van der Waals surface area contributed by atoms with Gasteiger partial charge in [0.05, 0.1) is 5.75 Å². The lowest BCUT2D eigenvalue weighted by Gasteiger charge is -2.04. The van der Waals surface area contributed by atoms with Gasteiger partial charge in [-0.25, -0.2) is 9.97 Å². The Balaban J connectivity index is 1.86. The van der Waals surface area contributed by atoms with E-state index in [9.17, 15) is 0 Å². The van der Waals surface area contributed by atoms with Gasteiger partial charge in [-0.3, -0.25) is 0 Å². The minimum absolute atomic E-state index is 0.554. The van der Waals surface area contributed by atoms with Gasteiger partial charge in [-0.2, -0.15) is 0 Å². The van der Waals surface area contributed by atoms with E-state index in [1.165, 1.54) is 9.77 Å². The van der Waals surface area contributed by atoms with Crippen molar-refractivity contribution in [2.24, 2.45) is 0 Å². The van der Waals surface area contributed by atoms with Crippen molar-refractivity contribution in [3.8, 4) is 0 Å². The van der Waals surface area contributed by atoms with Crippen LogP contribution in [0.5, 0.6) is 0 Å². The highest BCUT2D eigenvalue weighted by molar-refractivity contribution is 9.10. The van der Waals surface area contributed by atoms with E-state index in [1.54, 1.807) is 23.1 Å². The van der Waals surface area contributed by atoms with Crippen LogP contribution in [0.2, 0.25) is 5.15 Å². The van der Waals surface area contributed by atoms with E-state index >= 15 is 0 Å². The summed E-state index contributed by atoms with van der Waals surface area (Å²) < 4.78 is 1.09. The Kier molecular flexibility index (Phi) is 4.84. The molecule has 2 nitrogen and oxygen atoms in total. The zero-order chi connectivity index (χ0) is 14.8. The van der Waals surface area contributed by atoms with Crippen LogP contribution in [0.1, 0.15) is 17.6 Å². The first-order chi connectivity index (χ1) is 10.2. The number of thioether (sulfide) groups is 1. The van der Waals surface area contributed by atoms with Crippen molar-refractivity contribution in [1.82, 2.24) is 9.97 Å². The van der Waals surface area contributed by atoms with Crippen molar-refractivity contribution >= 4 is 60.8 Å². The Morgan fingerprint density at radius 2 is 2.10 bits per heavy atom. The molecule has 0 fully saturated rings. The highest BCUT2D eigenvalue weighted by Crippen LogP contribution is 2.32. The number of benzene rings is 1. The Morgan fingerprint density at radius 3 is 2.86 bits per heavy atom. The van der Waals surface area contributed by atoms with Gasteiger partial charge in [-0.05, 0) is 40.5 Å². The molecule has 2 aromatic heterocycles. The number of aryl methyl sites for hydroxylation is 1. The molecule has 2 heterocycles. The average Bonchev–Trinajstić information content (AvgIpc) is 2.90. The molecule has 0 unspecified atom stereocenters. The summed E-state index contributed by atoms with van der Waals surface area (Å²) in [6.07, 6.45) is 0.998. The molecule has 3 rings (SSSR count). The van der Waals surface area contributed by atoms with Gasteiger partial charge in [0.1, 0.15) is 15.8 Å². The molecule has 0 saturated carbocycles. The molecule has 0 aliphatic heterocycles. The van der Waals surface area contributed by atoms with Gasteiger partial charge in [0.15, 0.2) is 0 Å². The normalized spacial score (nSPS) is 11.2. The van der Waals surface area contributed by atoms with Crippen LogP contribution in [0.25, 0.3) is 10.2 Å². The smallest absolute Gasteiger partial charge is 0.142 e. The van der Waals surface area contributed by atoms with Crippen molar-refractivity contribution in [1.29, 1.82) is 0 Å². The largest absolute Gasteiger partial charge is 0.221 e. The van der Waals surface area contributed by atoms with Crippen LogP contribution in [-0.2, 0) is 12.2 Å². The van der Waals surface area contributed by atoms with Gasteiger partial charge in [0, 0.05) is 19.6 Å². The maximum Gasteiger partial charge on any atom is 0.142 e. The summed E-state index contributed by atoms with van der Waals surface area (Å²) in [4.78, 5) is 12.5. The Morgan fingerprint density at radius 1 is 1.29 bits per heavy atom. The van der Waals surface area contributed by atoms with E-state index in [-0.39, 0.29) is 0 Å². The van der Waals surface area contributed by atoms with E-state index in [4.69, 9.17) is 11.6 Å². The van der Waals surface area contributed by atoms with Crippen molar-refractivity contribution in [3.05, 3.63) is 50.7 Å². The maximum absolute atomic E-state index is 6.28. The van der Waals surface area contributed by atoms with Crippen LogP contribution in [0, 0.1) is 0 Å². The van der Waals surface area contributed by atoms with Crippen molar-refractivity contribution in [3.63, 3.8) is 0 Å². The van der Waals surface area contributed by atoms with Gasteiger partial charge in [-0.1, -0.05) is 30.7 Å². The Labute approximate surface area is 145 Å². The fourth-order valence-corrected chi connectivity index (χ4v) is 4.63. The van der Waals surface area contributed by atoms with Crippen molar-refractivity contribution in [2.75, 3.05) is 0 Å². The quantitative estimate of drug-likeness (QED) is 0.400. The molecular formula is C15H12BrClN2S2. The monoisotopic (exact) mass is 398 g/mol. The van der Waals surface area contributed by atoms with Crippen LogP contribution in [0.15, 0.2) is 39.7 Å². The number of rotatable bonds is 4. The maximum atomic E-state index is 6.28. The van der Waals surface area contributed by atoms with E-state index in [1.807, 2.05) is 18.2 Å². The average molecular weight is 400 g/mol. The van der Waals surface area contributed by atoms with Crippen molar-refractivity contribution < 1.29 is 0 Å². The minimum atomic E-state index is 0.554. The zero-order valence-electron chi connectivity index (χ0n) is 11.3. The summed E-state index contributed by atoms with van der Waals surface area (Å²) in [7, 11) is 0. The third kappa shape index (κ3) is 3.42. The number of nitrogens with zero attached hydrogens (tertiary/aromatic N) is 2. The highest BCUT2D eigenvalue weighted by atomic mass is 79.9. The first-order valence-electron chi connectivity index (χ1n) is 6.49. The Hall–Kier alpha value is -0.620. The predicted molar refractivity (Wildman–Crippen MR) is 95.5 cm³/mol. The summed E-state index contributed by atoms with van der Waals surface area (Å²) in [6.45, 7) is 2.13. The SMILES string of the molecule is CCc1cc2c(Cl)nc(CSc3ccccc3Br)nc2s1. The van der Waals surface area contributed by atoms with Crippen LogP contribution in [0.4, 0.5) is 0 Å². The van der Waals surface area contributed by atoms with Crippen molar-refractivity contribution in [2.45, 2.75) is 24.0 Å². The number of thiophene rings is 1. The van der Waals surface area contributed by atoms with Gasteiger partial charge >= 0.3 is 0 Å². The molecule has 0 N–H and O–H groups in total. The molecule has 0 spiro atoms. The molecule has 0 radical (unpaired) electrons. The molecular weight excluding hydrogens is 388 g/mol. The molecule has 0 bridgehead atoms. The standard InChI is InChI=1S/C15H12BrClN2S2/c1-2-9-7-10-14(17)18-13(19-15(10)21-9)8-20-12-6-4-3-5-11(12)16/h3-7H,2,8H2,1H3. The van der Waals surface area contributed by atoms with Crippen LogP contribution in [-0.4, -0.2) is 9.97 Å². The lowest BCUT2D eigenvalue weighted by atomic mass is 10.3. The number of hydrogen-bond acceptors (Lipinski definition) is 4. The van der Waals surface area contributed by atoms with E-state index in [0.29, 0.717) is 10.9 Å². The van der Waals surface area contributed by atoms with Gasteiger partial charge < -0.3 is 0 Å². The summed E-state index contributed by atoms with van der Waals surface area (Å²) in [6, 6.07) is 10.2. The van der Waals surface area contributed by atoms with E-state index < -0.39 is 0 Å². The second-order valence-electron chi connectivity index (χ2n) is 4.43. The topological polar surface area (TPSA) is 25.8 Å². The predicted octanol–water partition coefficient (Wildman–Crippen LogP) is 5.96. The van der Waals surface area contributed by atoms with E-state index in [0.717, 1.165) is 26.9 Å². The Bertz CT molecular complexity index is 788. The van der Waals surface area contributed by atoms with E-state index in [2.05, 4.69) is 45.0 Å². The minimum Gasteiger partial charge on any atom is -0.221 e. The molecule has 1 aromatic carbocycles. The number of fused-ring (bicyclic) bond motifs is 1. The third-order valence-electron chi connectivity index (χ3n) is 2.99. The summed E-state index contributed by atoms with van der Waals surface area (Å²) >= 11 is 13.2. The van der Waals surface area contributed by atoms with Crippen LogP contribution >= 0.6 is 50.6 Å². The lowest BCUT2D eigenvalue weighted by molar-refractivity contribution is 1.07. The third-order valence-corrected chi connectivity index (χ3v) is 6.47. The summed E-state index contributed by atoms with van der Waals surface area (Å²) in [5.41, 5.74) is 0. The van der Waals surface area contributed by atoms with Crippen LogP contribution < -0.4 is 0 Å².